The van der Waals surface area contributed by atoms with Crippen molar-refractivity contribution in [3.63, 3.8) is 0 Å². The molecule has 1 heterocycles. The van der Waals surface area contributed by atoms with Crippen LogP contribution in [0.3, 0.4) is 0 Å². The van der Waals surface area contributed by atoms with Crippen molar-refractivity contribution in [3.8, 4) is 0 Å². The van der Waals surface area contributed by atoms with Gasteiger partial charge >= 0.3 is 0 Å². The van der Waals surface area contributed by atoms with E-state index in [1.165, 1.54) is 0 Å². The molecule has 6 heteroatoms. The predicted octanol–water partition coefficient (Wildman–Crippen LogP) is 3.58. The van der Waals surface area contributed by atoms with E-state index in [0.717, 1.165) is 25.8 Å². The van der Waals surface area contributed by atoms with E-state index in [9.17, 15) is 17.6 Å². The monoisotopic (exact) mass is 281 g/mol. The molecule has 1 aliphatic rings. The summed E-state index contributed by atoms with van der Waals surface area (Å²) in [6.07, 6.45) is 2.57. The van der Waals surface area contributed by atoms with Gasteiger partial charge < -0.3 is 5.32 Å². The van der Waals surface area contributed by atoms with E-state index >= 15 is 0 Å². The minimum Gasteiger partial charge on any atom is -0.314 e. The third-order valence-corrected chi connectivity index (χ3v) is 3.50. The van der Waals surface area contributed by atoms with Gasteiger partial charge in [-0.15, -0.1) is 0 Å². The Morgan fingerprint density at radius 3 is 2.11 bits per heavy atom. The second-order valence-corrected chi connectivity index (χ2v) is 4.78. The molecule has 100 valence electrons. The highest BCUT2D eigenvalue weighted by molar-refractivity contribution is 6.30. The molecule has 0 radical (unpaired) electrons. The first-order chi connectivity index (χ1) is 8.52. The van der Waals surface area contributed by atoms with Crippen molar-refractivity contribution >= 4 is 11.6 Å². The molecule has 1 fully saturated rings. The van der Waals surface area contributed by atoms with Gasteiger partial charge in [0.15, 0.2) is 23.3 Å². The zero-order valence-electron chi connectivity index (χ0n) is 9.50. The molecule has 0 amide bonds. The standard InChI is InChI=1S/C12H12ClF4N/c13-8-11(16)9(14)7(10(15)12(8)17)5-6-3-1-2-4-18-6/h6,18H,1-5H2. The van der Waals surface area contributed by atoms with Crippen LogP contribution < -0.4 is 5.32 Å². The molecule has 1 atom stereocenters. The van der Waals surface area contributed by atoms with Crippen LogP contribution >= 0.6 is 11.6 Å². The summed E-state index contributed by atoms with van der Waals surface area (Å²) >= 11 is 5.16. The Morgan fingerprint density at radius 2 is 1.61 bits per heavy atom. The van der Waals surface area contributed by atoms with Gasteiger partial charge in [0.05, 0.1) is 0 Å². The summed E-state index contributed by atoms with van der Waals surface area (Å²) in [7, 11) is 0. The van der Waals surface area contributed by atoms with Crippen molar-refractivity contribution < 1.29 is 17.6 Å². The maximum atomic E-state index is 13.6. The van der Waals surface area contributed by atoms with Crippen LogP contribution in [0, 0.1) is 23.3 Å². The maximum Gasteiger partial charge on any atom is 0.180 e. The summed E-state index contributed by atoms with van der Waals surface area (Å²) in [5.74, 6) is -5.85. The molecule has 1 aliphatic heterocycles. The molecule has 1 nitrogen and oxygen atoms in total. The maximum absolute atomic E-state index is 13.6. The van der Waals surface area contributed by atoms with Gasteiger partial charge in [-0.25, -0.2) is 17.6 Å². The normalized spacial score (nSPS) is 20.2. The number of hydrogen-bond donors (Lipinski definition) is 1. The predicted molar refractivity (Wildman–Crippen MR) is 60.6 cm³/mol. The van der Waals surface area contributed by atoms with Crippen molar-refractivity contribution in [1.29, 1.82) is 0 Å². The lowest BCUT2D eigenvalue weighted by molar-refractivity contribution is 0.378. The molecular formula is C12H12ClF4N. The van der Waals surface area contributed by atoms with Crippen LogP contribution in [0.1, 0.15) is 24.8 Å². The van der Waals surface area contributed by atoms with Gasteiger partial charge in [0.1, 0.15) is 5.02 Å². The zero-order chi connectivity index (χ0) is 13.3. The second-order valence-electron chi connectivity index (χ2n) is 4.40. The molecule has 0 aromatic heterocycles. The highest BCUT2D eigenvalue weighted by atomic mass is 35.5. The Kier molecular flexibility index (Phi) is 4.12. The number of halogens is 5. The van der Waals surface area contributed by atoms with E-state index in [2.05, 4.69) is 5.32 Å². The number of piperidine rings is 1. The van der Waals surface area contributed by atoms with Crippen LogP contribution in [0.15, 0.2) is 0 Å². The van der Waals surface area contributed by atoms with Crippen LogP contribution in [0.2, 0.25) is 5.02 Å². The quantitative estimate of drug-likeness (QED) is 0.496. The van der Waals surface area contributed by atoms with Gasteiger partial charge in [0.25, 0.3) is 0 Å². The van der Waals surface area contributed by atoms with Crippen LogP contribution in [0.4, 0.5) is 17.6 Å². The highest BCUT2D eigenvalue weighted by Crippen LogP contribution is 2.29. The Labute approximate surface area is 107 Å². The van der Waals surface area contributed by atoms with Gasteiger partial charge in [0, 0.05) is 11.6 Å². The van der Waals surface area contributed by atoms with Crippen molar-refractivity contribution in [2.75, 3.05) is 6.54 Å². The SMILES string of the molecule is Fc1c(F)c(CC2CCCCN2)c(F)c(F)c1Cl. The molecular weight excluding hydrogens is 270 g/mol. The summed E-state index contributed by atoms with van der Waals surface area (Å²) in [5.41, 5.74) is -0.575. The van der Waals surface area contributed by atoms with E-state index in [-0.39, 0.29) is 12.5 Å². The van der Waals surface area contributed by atoms with Crippen LogP contribution in [0.25, 0.3) is 0 Å². The molecule has 1 aromatic carbocycles. The van der Waals surface area contributed by atoms with Crippen LogP contribution in [-0.2, 0) is 6.42 Å². The van der Waals surface area contributed by atoms with E-state index in [0.29, 0.717) is 0 Å². The first-order valence-electron chi connectivity index (χ1n) is 5.76. The molecule has 0 spiro atoms. The molecule has 1 saturated heterocycles. The number of nitrogens with one attached hydrogen (secondary N) is 1. The van der Waals surface area contributed by atoms with E-state index in [1.54, 1.807) is 0 Å². The van der Waals surface area contributed by atoms with Gasteiger partial charge in [-0.05, 0) is 25.8 Å². The summed E-state index contributed by atoms with van der Waals surface area (Å²) in [6.45, 7) is 0.743. The van der Waals surface area contributed by atoms with Crippen molar-refractivity contribution in [1.82, 2.24) is 5.32 Å². The lowest BCUT2D eigenvalue weighted by Gasteiger charge is -2.24. The molecule has 18 heavy (non-hydrogen) atoms. The molecule has 0 saturated carbocycles. The van der Waals surface area contributed by atoms with E-state index in [1.807, 2.05) is 0 Å². The highest BCUT2D eigenvalue weighted by Gasteiger charge is 2.26. The minimum absolute atomic E-state index is 0.0807. The average molecular weight is 282 g/mol. The summed E-state index contributed by atoms with van der Waals surface area (Å²) in [4.78, 5) is 0. The van der Waals surface area contributed by atoms with Crippen LogP contribution in [-0.4, -0.2) is 12.6 Å². The van der Waals surface area contributed by atoms with Gasteiger partial charge in [0.2, 0.25) is 0 Å². The third kappa shape index (κ3) is 2.47. The molecule has 0 aliphatic carbocycles. The first-order valence-corrected chi connectivity index (χ1v) is 6.14. The fourth-order valence-electron chi connectivity index (χ4n) is 2.17. The number of hydrogen-bond acceptors (Lipinski definition) is 1. The minimum atomic E-state index is -1.53. The first kappa shape index (κ1) is 13.6. The lowest BCUT2D eigenvalue weighted by atomic mass is 9.97. The van der Waals surface area contributed by atoms with Gasteiger partial charge in [-0.3, -0.25) is 0 Å². The van der Waals surface area contributed by atoms with Crippen molar-refractivity contribution in [3.05, 3.63) is 33.9 Å². The molecule has 1 N–H and O–H groups in total. The van der Waals surface area contributed by atoms with Crippen molar-refractivity contribution in [2.45, 2.75) is 31.7 Å². The van der Waals surface area contributed by atoms with E-state index < -0.39 is 33.9 Å². The fourth-order valence-corrected chi connectivity index (χ4v) is 2.34. The van der Waals surface area contributed by atoms with Gasteiger partial charge in [-0.1, -0.05) is 18.0 Å². The van der Waals surface area contributed by atoms with Gasteiger partial charge in [-0.2, -0.15) is 0 Å². The average Bonchev–Trinajstić information content (AvgIpc) is 2.40. The van der Waals surface area contributed by atoms with Crippen molar-refractivity contribution in [2.24, 2.45) is 0 Å². The summed E-state index contributed by atoms with van der Waals surface area (Å²) in [6, 6.07) is -0.164. The molecule has 1 unspecified atom stereocenters. The largest absolute Gasteiger partial charge is 0.314 e. The third-order valence-electron chi connectivity index (χ3n) is 3.16. The zero-order valence-corrected chi connectivity index (χ0v) is 10.3. The second kappa shape index (κ2) is 5.45. The summed E-state index contributed by atoms with van der Waals surface area (Å²) < 4.78 is 53.6. The van der Waals surface area contributed by atoms with E-state index in [4.69, 9.17) is 11.6 Å². The Balaban J connectivity index is 2.32. The number of rotatable bonds is 2. The molecule has 1 aromatic rings. The van der Waals surface area contributed by atoms with Crippen LogP contribution in [0.5, 0.6) is 0 Å². The Bertz CT molecular complexity index is 429. The topological polar surface area (TPSA) is 12.0 Å². The smallest absolute Gasteiger partial charge is 0.180 e. The lowest BCUT2D eigenvalue weighted by Crippen LogP contribution is -2.36. The molecule has 0 bridgehead atoms. The Hall–Kier alpha value is -0.810. The summed E-state index contributed by atoms with van der Waals surface area (Å²) in [5, 5.41) is 1.93. The molecule has 2 rings (SSSR count). The number of benzene rings is 1. The fraction of sp³-hybridized carbons (Fsp3) is 0.500. The Morgan fingerprint density at radius 1 is 1.00 bits per heavy atom.